The zero-order valence-corrected chi connectivity index (χ0v) is 13.3. The summed E-state index contributed by atoms with van der Waals surface area (Å²) in [6.07, 6.45) is 0.922. The molecule has 1 heterocycles. The van der Waals surface area contributed by atoms with Gasteiger partial charge in [0.05, 0.1) is 13.2 Å². The lowest BCUT2D eigenvalue weighted by molar-refractivity contribution is -0.135. The molecule has 1 rings (SSSR count). The fraction of sp³-hybridized carbons (Fsp3) is 0.857. The van der Waals surface area contributed by atoms with Crippen LogP contribution in [0.5, 0.6) is 0 Å². The molecule has 0 aromatic carbocycles. The number of nitrogens with two attached hydrogens (primary N) is 1. The first-order valence-corrected chi connectivity index (χ1v) is 7.53. The molecule has 0 aliphatic carbocycles. The highest BCUT2D eigenvalue weighted by atomic mass is 16.5. The van der Waals surface area contributed by atoms with Crippen LogP contribution in [0.15, 0.2) is 0 Å². The van der Waals surface area contributed by atoms with Crippen molar-refractivity contribution in [3.63, 3.8) is 0 Å². The van der Waals surface area contributed by atoms with Gasteiger partial charge in [0.2, 0.25) is 11.8 Å². The largest absolute Gasteiger partial charge is 0.383 e. The Labute approximate surface area is 126 Å². The quantitative estimate of drug-likeness (QED) is 0.631. The van der Waals surface area contributed by atoms with Crippen LogP contribution in [0, 0.1) is 0 Å². The predicted octanol–water partition coefficient (Wildman–Crippen LogP) is -0.981. The minimum Gasteiger partial charge on any atom is -0.383 e. The Hall–Kier alpha value is -1.18. The number of hydrogen-bond acceptors (Lipinski definition) is 5. The Kier molecular flexibility index (Phi) is 7.63. The molecule has 0 radical (unpaired) electrons. The van der Waals surface area contributed by atoms with E-state index >= 15 is 0 Å². The number of piperazine rings is 1. The van der Waals surface area contributed by atoms with Crippen molar-refractivity contribution >= 4 is 11.8 Å². The summed E-state index contributed by atoms with van der Waals surface area (Å²) in [7, 11) is 1.53. The average Bonchev–Trinajstić information content (AvgIpc) is 2.47. The molecule has 122 valence electrons. The molecule has 0 aromatic rings. The van der Waals surface area contributed by atoms with Gasteiger partial charge in [0.1, 0.15) is 6.04 Å². The summed E-state index contributed by atoms with van der Waals surface area (Å²) < 4.78 is 4.90. The molecule has 0 bridgehead atoms. The molecule has 1 saturated heterocycles. The second-order valence-electron chi connectivity index (χ2n) is 5.54. The standard InChI is InChI=1S/C14H28N4O3/c1-4-11(2)16-13(19)9-17-5-7-18(8-6-17)14(20)12(15)10-21-3/h11-12H,4-10,15H2,1-3H3,(H,16,19). The Balaban J connectivity index is 2.32. The van der Waals surface area contributed by atoms with Crippen LogP contribution in [0.25, 0.3) is 0 Å². The maximum absolute atomic E-state index is 12.0. The molecule has 7 nitrogen and oxygen atoms in total. The highest BCUT2D eigenvalue weighted by Crippen LogP contribution is 2.04. The van der Waals surface area contributed by atoms with Gasteiger partial charge in [-0.1, -0.05) is 6.92 Å². The van der Waals surface area contributed by atoms with Crippen LogP contribution < -0.4 is 11.1 Å². The summed E-state index contributed by atoms with van der Waals surface area (Å²) in [4.78, 5) is 27.6. The summed E-state index contributed by atoms with van der Waals surface area (Å²) >= 11 is 0. The fourth-order valence-electron chi connectivity index (χ4n) is 2.24. The number of methoxy groups -OCH3 is 1. The highest BCUT2D eigenvalue weighted by Gasteiger charge is 2.25. The average molecular weight is 300 g/mol. The van der Waals surface area contributed by atoms with Crippen molar-refractivity contribution in [3.05, 3.63) is 0 Å². The first-order valence-electron chi connectivity index (χ1n) is 7.53. The van der Waals surface area contributed by atoms with E-state index in [1.165, 1.54) is 7.11 Å². The number of carbonyl (C=O) groups is 2. The molecule has 2 atom stereocenters. The molecule has 3 N–H and O–H groups in total. The molecule has 21 heavy (non-hydrogen) atoms. The predicted molar refractivity (Wildman–Crippen MR) is 80.8 cm³/mol. The normalized spacial score (nSPS) is 19.1. The van der Waals surface area contributed by atoms with E-state index in [9.17, 15) is 9.59 Å². The molecule has 1 aliphatic rings. The number of amides is 2. The molecule has 0 spiro atoms. The van der Waals surface area contributed by atoms with Gasteiger partial charge >= 0.3 is 0 Å². The van der Waals surface area contributed by atoms with Gasteiger partial charge < -0.3 is 20.7 Å². The molecular formula is C14H28N4O3. The van der Waals surface area contributed by atoms with Crippen LogP contribution in [-0.2, 0) is 14.3 Å². The van der Waals surface area contributed by atoms with E-state index in [1.54, 1.807) is 4.90 Å². The maximum atomic E-state index is 12.0. The zero-order chi connectivity index (χ0) is 15.8. The Bertz CT molecular complexity index is 343. The Morgan fingerprint density at radius 2 is 1.90 bits per heavy atom. The number of rotatable bonds is 7. The summed E-state index contributed by atoms with van der Waals surface area (Å²) in [6.45, 7) is 7.25. The number of nitrogens with one attached hydrogen (secondary N) is 1. The second kappa shape index (κ2) is 8.96. The number of carbonyl (C=O) groups excluding carboxylic acids is 2. The van der Waals surface area contributed by atoms with Crippen molar-refractivity contribution in [1.29, 1.82) is 0 Å². The smallest absolute Gasteiger partial charge is 0.241 e. The van der Waals surface area contributed by atoms with Crippen LogP contribution in [0.4, 0.5) is 0 Å². The van der Waals surface area contributed by atoms with Gasteiger partial charge in [-0.25, -0.2) is 0 Å². The highest BCUT2D eigenvalue weighted by molar-refractivity contribution is 5.82. The second-order valence-corrected chi connectivity index (χ2v) is 5.54. The van der Waals surface area contributed by atoms with Gasteiger partial charge in [-0.15, -0.1) is 0 Å². The van der Waals surface area contributed by atoms with E-state index in [-0.39, 0.29) is 24.5 Å². The Morgan fingerprint density at radius 1 is 1.29 bits per heavy atom. The van der Waals surface area contributed by atoms with Gasteiger partial charge in [-0.3, -0.25) is 14.5 Å². The Morgan fingerprint density at radius 3 is 2.43 bits per heavy atom. The van der Waals surface area contributed by atoms with Gasteiger partial charge in [0, 0.05) is 39.3 Å². The third-order valence-corrected chi connectivity index (χ3v) is 3.73. The number of ether oxygens (including phenoxy) is 1. The first-order chi connectivity index (χ1) is 9.97. The van der Waals surface area contributed by atoms with Crippen LogP contribution in [0.2, 0.25) is 0 Å². The monoisotopic (exact) mass is 300 g/mol. The number of hydrogen-bond donors (Lipinski definition) is 2. The lowest BCUT2D eigenvalue weighted by Gasteiger charge is -2.35. The van der Waals surface area contributed by atoms with Crippen LogP contribution in [-0.4, -0.2) is 80.1 Å². The molecule has 2 unspecified atom stereocenters. The van der Waals surface area contributed by atoms with E-state index in [2.05, 4.69) is 10.2 Å². The fourth-order valence-corrected chi connectivity index (χ4v) is 2.24. The van der Waals surface area contributed by atoms with Crippen LogP contribution in [0.1, 0.15) is 20.3 Å². The van der Waals surface area contributed by atoms with E-state index in [0.717, 1.165) is 6.42 Å². The lowest BCUT2D eigenvalue weighted by atomic mass is 10.2. The SMILES string of the molecule is CCC(C)NC(=O)CN1CCN(C(=O)C(N)COC)CC1. The van der Waals surface area contributed by atoms with E-state index < -0.39 is 6.04 Å². The minimum atomic E-state index is -0.602. The summed E-state index contributed by atoms with van der Waals surface area (Å²) in [5, 5.41) is 2.95. The van der Waals surface area contributed by atoms with Crippen molar-refractivity contribution in [2.45, 2.75) is 32.4 Å². The molecule has 7 heteroatoms. The van der Waals surface area contributed by atoms with Crippen molar-refractivity contribution in [1.82, 2.24) is 15.1 Å². The van der Waals surface area contributed by atoms with Gasteiger partial charge in [0.15, 0.2) is 0 Å². The van der Waals surface area contributed by atoms with E-state index in [4.69, 9.17) is 10.5 Å². The summed E-state index contributed by atoms with van der Waals surface area (Å²) in [6, 6.07) is -0.400. The van der Waals surface area contributed by atoms with Crippen LogP contribution >= 0.6 is 0 Å². The van der Waals surface area contributed by atoms with Crippen molar-refractivity contribution in [2.75, 3.05) is 46.4 Å². The first kappa shape index (κ1) is 17.9. The molecule has 0 saturated carbocycles. The molecule has 1 fully saturated rings. The van der Waals surface area contributed by atoms with Crippen molar-refractivity contribution in [3.8, 4) is 0 Å². The summed E-state index contributed by atoms with van der Waals surface area (Å²) in [5.41, 5.74) is 5.75. The van der Waals surface area contributed by atoms with E-state index in [1.807, 2.05) is 13.8 Å². The van der Waals surface area contributed by atoms with Gasteiger partial charge in [0.25, 0.3) is 0 Å². The molecule has 1 aliphatic heterocycles. The van der Waals surface area contributed by atoms with Crippen molar-refractivity contribution < 1.29 is 14.3 Å². The maximum Gasteiger partial charge on any atom is 0.241 e. The molecular weight excluding hydrogens is 272 g/mol. The molecule has 0 aromatic heterocycles. The minimum absolute atomic E-state index is 0.0419. The zero-order valence-electron chi connectivity index (χ0n) is 13.3. The van der Waals surface area contributed by atoms with Crippen molar-refractivity contribution in [2.24, 2.45) is 5.73 Å². The lowest BCUT2D eigenvalue weighted by Crippen LogP contribution is -2.55. The molecule has 2 amide bonds. The van der Waals surface area contributed by atoms with Gasteiger partial charge in [-0.2, -0.15) is 0 Å². The van der Waals surface area contributed by atoms with E-state index in [0.29, 0.717) is 32.7 Å². The number of nitrogens with zero attached hydrogens (tertiary/aromatic N) is 2. The summed E-state index contributed by atoms with van der Waals surface area (Å²) in [5.74, 6) is -0.0410. The topological polar surface area (TPSA) is 87.9 Å². The van der Waals surface area contributed by atoms with Crippen LogP contribution in [0.3, 0.4) is 0 Å². The third kappa shape index (κ3) is 5.99. The third-order valence-electron chi connectivity index (χ3n) is 3.73. The van der Waals surface area contributed by atoms with Gasteiger partial charge in [-0.05, 0) is 13.3 Å².